The lowest BCUT2D eigenvalue weighted by molar-refractivity contribution is 6.14. The first-order chi connectivity index (χ1) is 2.41. The Morgan fingerprint density at radius 2 is 1.40 bits per heavy atom. The third-order valence-corrected chi connectivity index (χ3v) is 4.50. The Balaban J connectivity index is 4.38. The standard InChI is InChI=1S/S5/c1-3-5-4-2. The molecule has 0 heterocycles. The van der Waals surface area contributed by atoms with Crippen molar-refractivity contribution in [1.29, 1.82) is 0 Å². The molecule has 0 radical (unpaired) electrons. The van der Waals surface area contributed by atoms with E-state index in [9.17, 15) is 0 Å². The van der Waals surface area contributed by atoms with Crippen molar-refractivity contribution in [3.8, 4) is 0 Å². The molecule has 0 amide bonds. The van der Waals surface area contributed by atoms with Gasteiger partial charge in [-0.15, -0.1) is 0 Å². The van der Waals surface area contributed by atoms with Gasteiger partial charge in [0.1, 0.15) is 0 Å². The number of rotatable bonds is 0. The van der Waals surface area contributed by atoms with Crippen LogP contribution in [-0.4, -0.2) is 0 Å². The lowest BCUT2D eigenvalue weighted by Crippen LogP contribution is -1.23. The molecular formula is S5. The molecule has 0 bridgehead atoms. The number of hydrogen-bond acceptors (Lipinski definition) is 2. The maximum absolute atomic E-state index is 4.44. The molecule has 0 aliphatic rings. The van der Waals surface area contributed by atoms with Crippen LogP contribution in [-0.2, 0) is 49.0 Å². The third-order valence-electron chi connectivity index (χ3n) is 0.0556. The quantitative estimate of drug-likeness (QED) is 0.489. The van der Waals surface area contributed by atoms with Crippen LogP contribution in [0.2, 0.25) is 0 Å². The van der Waals surface area contributed by atoms with Crippen LogP contribution in [0.25, 0.3) is 0 Å². The smallest absolute Gasteiger partial charge is 0 e. The molecule has 0 saturated heterocycles. The van der Waals surface area contributed by atoms with Gasteiger partial charge in [0.2, 0.25) is 0 Å². The maximum Gasteiger partial charge on any atom is 0 e. The van der Waals surface area contributed by atoms with E-state index in [1.54, 1.807) is 0 Å². The van der Waals surface area contributed by atoms with Crippen molar-refractivity contribution in [2.45, 2.75) is 0 Å². The van der Waals surface area contributed by atoms with Gasteiger partial charge in [0, 0.05) is 49.0 Å². The highest BCUT2D eigenvalue weighted by Gasteiger charge is 1.23. The Morgan fingerprint density at radius 1 is 1.00 bits per heavy atom. The van der Waals surface area contributed by atoms with Crippen molar-refractivity contribution >= 4 is 49.0 Å². The monoisotopic (exact) mass is 160 g/mol. The van der Waals surface area contributed by atoms with Crippen LogP contribution in [0.5, 0.6) is 0 Å². The Labute approximate surface area is 48.9 Å². The Bertz CT molecular complexity index is 92.0. The van der Waals surface area contributed by atoms with E-state index in [0.29, 0.717) is 0 Å². The Hall–Kier alpha value is 1.10. The normalized spacial score (nSPS) is 5.60. The van der Waals surface area contributed by atoms with Gasteiger partial charge in [0.05, 0.1) is 0 Å². The van der Waals surface area contributed by atoms with Gasteiger partial charge in [-0.05, 0) is 0 Å². The number of hydrogen-bond donors (Lipinski definition) is 0. The second-order valence-electron chi connectivity index (χ2n) is 0.204. The van der Waals surface area contributed by atoms with E-state index in [2.05, 4.69) is 22.4 Å². The van der Waals surface area contributed by atoms with Gasteiger partial charge < -0.3 is 0 Å². The van der Waals surface area contributed by atoms with E-state index < -0.39 is 0 Å². The molecule has 0 N–H and O–H groups in total. The highest BCUT2D eigenvalue weighted by Crippen LogP contribution is 1.22. The van der Waals surface area contributed by atoms with Crippen molar-refractivity contribution in [3.63, 3.8) is 0 Å². The summed E-state index contributed by atoms with van der Waals surface area (Å²) < 4.78 is 0. The van der Waals surface area contributed by atoms with Crippen molar-refractivity contribution < 1.29 is 0 Å². The predicted octanol–water partition coefficient (Wildman–Crippen LogP) is -0.0120. The van der Waals surface area contributed by atoms with Crippen LogP contribution >= 0.6 is 0 Å². The summed E-state index contributed by atoms with van der Waals surface area (Å²) in [4.78, 5) is 0. The summed E-state index contributed by atoms with van der Waals surface area (Å²) in [7, 11) is 3.95. The second-order valence-corrected chi connectivity index (χ2v) is 5.51. The summed E-state index contributed by atoms with van der Waals surface area (Å²) in [5.41, 5.74) is 0. The maximum atomic E-state index is 4.44. The van der Waals surface area contributed by atoms with E-state index in [4.69, 9.17) is 0 Å². The SMILES string of the molecule is S=S=S=S=S. The van der Waals surface area contributed by atoms with Crippen molar-refractivity contribution in [3.05, 3.63) is 0 Å². The topological polar surface area (TPSA) is 0 Å². The summed E-state index contributed by atoms with van der Waals surface area (Å²) in [6.07, 6.45) is 0. The first-order valence-electron chi connectivity index (χ1n) is 0.667. The molecule has 0 fully saturated rings. The van der Waals surface area contributed by atoms with Crippen molar-refractivity contribution in [1.82, 2.24) is 0 Å². The van der Waals surface area contributed by atoms with Crippen molar-refractivity contribution in [2.24, 2.45) is 0 Å². The molecule has 30 valence electrons. The minimum absolute atomic E-state index is 1.26. The summed E-state index contributed by atoms with van der Waals surface area (Å²) in [5.74, 6) is 0. The minimum atomic E-state index is 1.26. The molecule has 5 heteroatoms. The van der Waals surface area contributed by atoms with Gasteiger partial charge >= 0.3 is 0 Å². The molecule has 0 aromatic carbocycles. The van der Waals surface area contributed by atoms with E-state index >= 15 is 0 Å². The highest BCUT2D eigenvalue weighted by atomic mass is 33.3. The average Bonchev–Trinajstić information content (AvgIpc) is 1.41. The first-order valence-corrected chi connectivity index (χ1v) is 6.00. The first kappa shape index (κ1) is 6.10. The van der Waals surface area contributed by atoms with Gasteiger partial charge in [-0.1, -0.05) is 0 Å². The molecule has 0 aliphatic carbocycles. The van der Waals surface area contributed by atoms with Crippen LogP contribution in [0.15, 0.2) is 0 Å². The fourth-order valence-corrected chi connectivity index (χ4v) is 2.76. The van der Waals surface area contributed by atoms with Crippen LogP contribution in [0, 0.1) is 0 Å². The van der Waals surface area contributed by atoms with Gasteiger partial charge in [-0.3, -0.25) is 0 Å². The molecule has 0 aliphatic heterocycles. The molecule has 0 spiro atoms. The predicted molar refractivity (Wildman–Crippen MR) is 36.8 cm³/mol. The fraction of sp³-hybridized carbons (Fsp3) is 0. The van der Waals surface area contributed by atoms with Crippen LogP contribution in [0.1, 0.15) is 0 Å². The van der Waals surface area contributed by atoms with E-state index in [1.807, 2.05) is 0 Å². The van der Waals surface area contributed by atoms with Gasteiger partial charge in [0.25, 0.3) is 0 Å². The van der Waals surface area contributed by atoms with Crippen LogP contribution in [0.3, 0.4) is 0 Å². The lowest BCUT2D eigenvalue weighted by atomic mass is 30.8. The highest BCUT2D eigenvalue weighted by molar-refractivity contribution is 8.59. The minimum Gasteiger partial charge on any atom is 0 e. The third kappa shape index (κ3) is 5.10. The van der Waals surface area contributed by atoms with Crippen LogP contribution in [0.4, 0.5) is 0 Å². The molecule has 0 aromatic rings. The summed E-state index contributed by atoms with van der Waals surface area (Å²) in [6.45, 7) is 0. The molecule has 0 atom stereocenters. The Morgan fingerprint density at radius 3 is 1.40 bits per heavy atom. The van der Waals surface area contributed by atoms with E-state index in [-0.39, 0.29) is 0 Å². The zero-order valence-electron chi connectivity index (χ0n) is 2.04. The van der Waals surface area contributed by atoms with Gasteiger partial charge in [-0.2, -0.15) is 0 Å². The van der Waals surface area contributed by atoms with Gasteiger partial charge in [0.15, 0.2) is 0 Å². The molecule has 0 saturated carbocycles. The molecule has 0 aromatic heterocycles. The molecule has 5 heavy (non-hydrogen) atoms. The average molecular weight is 160 g/mol. The largest absolute Gasteiger partial charge is 0 e. The van der Waals surface area contributed by atoms with Crippen molar-refractivity contribution in [2.75, 3.05) is 0 Å². The zero-order valence-corrected chi connectivity index (χ0v) is 6.12. The van der Waals surface area contributed by atoms with E-state index in [0.717, 1.165) is 0 Å². The summed E-state index contributed by atoms with van der Waals surface area (Å²) >= 11 is 8.89. The molecule has 0 nitrogen and oxygen atoms in total. The molecule has 0 rings (SSSR count). The van der Waals surface area contributed by atoms with Gasteiger partial charge in [-0.25, -0.2) is 0 Å². The lowest BCUT2D eigenvalue weighted by Gasteiger charge is -1.22. The fourth-order valence-electron chi connectivity index (χ4n) is 0.0113. The second kappa shape index (κ2) is 5.10. The van der Waals surface area contributed by atoms with E-state index in [1.165, 1.54) is 26.6 Å². The summed E-state index contributed by atoms with van der Waals surface area (Å²) in [5, 5.41) is 0. The summed E-state index contributed by atoms with van der Waals surface area (Å²) in [6, 6.07) is 0. The van der Waals surface area contributed by atoms with Crippen LogP contribution < -0.4 is 0 Å². The molecular weight excluding hydrogens is 160 g/mol. The zero-order chi connectivity index (χ0) is 4.12. The molecule has 0 unspecified atom stereocenters. The Kier molecular flexibility index (Phi) is 6.22.